The molecule has 0 N–H and O–H groups in total. The molecule has 0 saturated carbocycles. The highest BCUT2D eigenvalue weighted by molar-refractivity contribution is 6.22. The lowest BCUT2D eigenvalue weighted by Crippen LogP contribution is -2.18. The topological polar surface area (TPSA) is 9.23 Å². The fourth-order valence-electron chi connectivity index (χ4n) is 2.99. The molecular formula is C19H21ClO. The summed E-state index contributed by atoms with van der Waals surface area (Å²) in [5.41, 5.74) is 6.15. The Morgan fingerprint density at radius 2 is 1.86 bits per heavy atom. The van der Waals surface area contributed by atoms with Gasteiger partial charge in [0.1, 0.15) is 5.75 Å². The number of aryl methyl sites for hydroxylation is 2. The zero-order valence-electron chi connectivity index (χ0n) is 13.0. The number of rotatable bonds is 2. The summed E-state index contributed by atoms with van der Waals surface area (Å²) in [6.07, 6.45) is 0. The molecule has 1 unspecified atom stereocenters. The van der Waals surface area contributed by atoms with E-state index in [1.807, 2.05) is 0 Å². The van der Waals surface area contributed by atoms with Crippen LogP contribution in [0.15, 0.2) is 36.4 Å². The van der Waals surface area contributed by atoms with Gasteiger partial charge in [0, 0.05) is 11.0 Å². The standard InChI is InChI=1S/C19H21ClO/c1-12-5-7-15(13(2)9-12)18(20)14-6-8-17-16(10-14)19(3,4)11-21-17/h5-10,18H,11H2,1-4H3. The van der Waals surface area contributed by atoms with E-state index in [1.54, 1.807) is 0 Å². The average molecular weight is 301 g/mol. The van der Waals surface area contributed by atoms with Crippen LogP contribution in [0.25, 0.3) is 0 Å². The van der Waals surface area contributed by atoms with Gasteiger partial charge in [0.05, 0.1) is 12.0 Å². The quantitative estimate of drug-likeness (QED) is 0.684. The van der Waals surface area contributed by atoms with Gasteiger partial charge in [-0.05, 0) is 42.7 Å². The number of hydrogen-bond acceptors (Lipinski definition) is 1. The van der Waals surface area contributed by atoms with Crippen molar-refractivity contribution in [2.45, 2.75) is 38.5 Å². The van der Waals surface area contributed by atoms with Crippen LogP contribution in [0, 0.1) is 13.8 Å². The summed E-state index contributed by atoms with van der Waals surface area (Å²) in [4.78, 5) is 0. The second-order valence-corrected chi connectivity index (χ2v) is 7.09. The zero-order chi connectivity index (χ0) is 15.2. The highest BCUT2D eigenvalue weighted by atomic mass is 35.5. The van der Waals surface area contributed by atoms with Gasteiger partial charge in [-0.2, -0.15) is 0 Å². The summed E-state index contributed by atoms with van der Waals surface area (Å²) in [6.45, 7) is 9.39. The fraction of sp³-hybridized carbons (Fsp3) is 0.368. The van der Waals surface area contributed by atoms with Gasteiger partial charge in [0.15, 0.2) is 0 Å². The molecule has 0 amide bonds. The first-order valence-corrected chi connectivity index (χ1v) is 7.80. The van der Waals surface area contributed by atoms with Gasteiger partial charge < -0.3 is 4.74 Å². The lowest BCUT2D eigenvalue weighted by atomic mass is 9.85. The Morgan fingerprint density at radius 1 is 1.10 bits per heavy atom. The molecule has 0 saturated heterocycles. The monoisotopic (exact) mass is 300 g/mol. The number of halogens is 1. The Kier molecular flexibility index (Phi) is 3.49. The van der Waals surface area contributed by atoms with Crippen molar-refractivity contribution in [2.75, 3.05) is 6.61 Å². The first kappa shape index (κ1) is 14.5. The molecule has 110 valence electrons. The molecule has 0 spiro atoms. The molecule has 1 aliphatic rings. The molecule has 0 fully saturated rings. The SMILES string of the molecule is Cc1ccc(C(Cl)c2ccc3c(c2)C(C)(C)CO3)c(C)c1. The maximum absolute atomic E-state index is 6.74. The minimum atomic E-state index is -0.118. The number of benzene rings is 2. The second-order valence-electron chi connectivity index (χ2n) is 6.65. The Bertz CT molecular complexity index is 688. The summed E-state index contributed by atoms with van der Waals surface area (Å²) in [6, 6.07) is 12.8. The highest BCUT2D eigenvalue weighted by Gasteiger charge is 2.32. The van der Waals surface area contributed by atoms with Crippen LogP contribution in [-0.2, 0) is 5.41 Å². The van der Waals surface area contributed by atoms with Crippen LogP contribution in [-0.4, -0.2) is 6.61 Å². The van der Waals surface area contributed by atoms with Crippen molar-refractivity contribution in [3.8, 4) is 5.75 Å². The van der Waals surface area contributed by atoms with Crippen molar-refractivity contribution in [1.29, 1.82) is 0 Å². The van der Waals surface area contributed by atoms with Crippen LogP contribution >= 0.6 is 11.6 Å². The third-order valence-corrected chi connectivity index (χ3v) is 4.80. The molecule has 2 aromatic carbocycles. The molecule has 2 heteroatoms. The van der Waals surface area contributed by atoms with Crippen LogP contribution in [0.5, 0.6) is 5.75 Å². The molecule has 0 aliphatic carbocycles. The van der Waals surface area contributed by atoms with Crippen molar-refractivity contribution in [3.63, 3.8) is 0 Å². The van der Waals surface area contributed by atoms with Crippen LogP contribution in [0.1, 0.15) is 47.0 Å². The summed E-state index contributed by atoms with van der Waals surface area (Å²) in [5, 5.41) is -0.118. The Balaban J connectivity index is 2.01. The number of ether oxygens (including phenoxy) is 1. The molecular weight excluding hydrogens is 280 g/mol. The molecule has 3 rings (SSSR count). The minimum absolute atomic E-state index is 0.0598. The molecule has 0 bridgehead atoms. The lowest BCUT2D eigenvalue weighted by Gasteiger charge is -2.18. The van der Waals surface area contributed by atoms with Gasteiger partial charge in [-0.15, -0.1) is 11.6 Å². The van der Waals surface area contributed by atoms with E-state index in [1.165, 1.54) is 22.3 Å². The van der Waals surface area contributed by atoms with Crippen LogP contribution in [0.4, 0.5) is 0 Å². The predicted octanol–water partition coefficient (Wildman–Crippen LogP) is 5.30. The smallest absolute Gasteiger partial charge is 0.123 e. The van der Waals surface area contributed by atoms with E-state index in [4.69, 9.17) is 16.3 Å². The number of hydrogen-bond donors (Lipinski definition) is 0. The Hall–Kier alpha value is -1.47. The van der Waals surface area contributed by atoms with Crippen LogP contribution in [0.3, 0.4) is 0 Å². The van der Waals surface area contributed by atoms with E-state index in [9.17, 15) is 0 Å². The second kappa shape index (κ2) is 5.06. The molecule has 1 atom stereocenters. The number of fused-ring (bicyclic) bond motifs is 1. The summed E-state index contributed by atoms with van der Waals surface area (Å²) in [5.74, 6) is 0.994. The molecule has 1 aliphatic heterocycles. The van der Waals surface area contributed by atoms with Crippen LogP contribution < -0.4 is 4.74 Å². The largest absolute Gasteiger partial charge is 0.492 e. The van der Waals surface area contributed by atoms with E-state index in [2.05, 4.69) is 64.1 Å². The molecule has 21 heavy (non-hydrogen) atoms. The first-order chi connectivity index (χ1) is 9.88. The highest BCUT2D eigenvalue weighted by Crippen LogP contribution is 2.41. The molecule has 0 radical (unpaired) electrons. The van der Waals surface area contributed by atoms with Gasteiger partial charge in [-0.25, -0.2) is 0 Å². The van der Waals surface area contributed by atoms with Crippen molar-refractivity contribution in [1.82, 2.24) is 0 Å². The Labute approximate surface area is 131 Å². The van der Waals surface area contributed by atoms with E-state index >= 15 is 0 Å². The maximum Gasteiger partial charge on any atom is 0.123 e. The van der Waals surface area contributed by atoms with Gasteiger partial charge in [0.2, 0.25) is 0 Å². The van der Waals surface area contributed by atoms with Gasteiger partial charge in [-0.3, -0.25) is 0 Å². The van der Waals surface area contributed by atoms with Crippen molar-refractivity contribution in [2.24, 2.45) is 0 Å². The average Bonchev–Trinajstić information content (AvgIpc) is 2.74. The van der Waals surface area contributed by atoms with E-state index < -0.39 is 0 Å². The number of alkyl halides is 1. The Morgan fingerprint density at radius 3 is 2.57 bits per heavy atom. The lowest BCUT2D eigenvalue weighted by molar-refractivity contribution is 0.291. The van der Waals surface area contributed by atoms with Crippen molar-refractivity contribution >= 4 is 11.6 Å². The fourth-order valence-corrected chi connectivity index (χ4v) is 3.37. The first-order valence-electron chi connectivity index (χ1n) is 7.37. The zero-order valence-corrected chi connectivity index (χ0v) is 13.8. The molecule has 1 heterocycles. The van der Waals surface area contributed by atoms with E-state index in [0.29, 0.717) is 0 Å². The third kappa shape index (κ3) is 2.55. The van der Waals surface area contributed by atoms with E-state index in [-0.39, 0.29) is 10.8 Å². The third-order valence-electron chi connectivity index (χ3n) is 4.31. The molecule has 0 aromatic heterocycles. The van der Waals surface area contributed by atoms with Crippen LogP contribution in [0.2, 0.25) is 0 Å². The summed E-state index contributed by atoms with van der Waals surface area (Å²) >= 11 is 6.74. The van der Waals surface area contributed by atoms with E-state index in [0.717, 1.165) is 17.9 Å². The summed E-state index contributed by atoms with van der Waals surface area (Å²) in [7, 11) is 0. The normalized spacial score (nSPS) is 17.2. The minimum Gasteiger partial charge on any atom is -0.492 e. The van der Waals surface area contributed by atoms with Gasteiger partial charge in [0.25, 0.3) is 0 Å². The predicted molar refractivity (Wildman–Crippen MR) is 88.6 cm³/mol. The summed E-state index contributed by atoms with van der Waals surface area (Å²) < 4.78 is 5.75. The van der Waals surface area contributed by atoms with Gasteiger partial charge >= 0.3 is 0 Å². The molecule has 1 nitrogen and oxygen atoms in total. The van der Waals surface area contributed by atoms with Gasteiger partial charge in [-0.1, -0.05) is 43.7 Å². The molecule has 2 aromatic rings. The van der Waals surface area contributed by atoms with Crippen molar-refractivity contribution < 1.29 is 4.74 Å². The maximum atomic E-state index is 6.74. The van der Waals surface area contributed by atoms with Crippen molar-refractivity contribution in [3.05, 3.63) is 64.2 Å².